The number of hydrogen-bond donors (Lipinski definition) is 1. The number of halogens is 3. The Kier molecular flexibility index (Phi) is 4.63. The van der Waals surface area contributed by atoms with Crippen LogP contribution in [-0.2, 0) is 6.18 Å². The Bertz CT molecular complexity index is 1050. The molecule has 27 heavy (non-hydrogen) atoms. The predicted molar refractivity (Wildman–Crippen MR) is 98.7 cm³/mol. The molecule has 3 rings (SSSR count). The molecule has 1 heterocycles. The summed E-state index contributed by atoms with van der Waals surface area (Å²) in [6, 6.07) is 14.1. The van der Waals surface area contributed by atoms with Crippen molar-refractivity contribution in [2.24, 2.45) is 0 Å². The van der Waals surface area contributed by atoms with Gasteiger partial charge in [0.25, 0.3) is 0 Å². The first-order valence-electron chi connectivity index (χ1n) is 8.16. The molecule has 2 aromatic carbocycles. The number of pyridine rings is 1. The van der Waals surface area contributed by atoms with Gasteiger partial charge in [-0.3, -0.25) is 0 Å². The van der Waals surface area contributed by atoms with Gasteiger partial charge in [0.15, 0.2) is 0 Å². The standard InChI is InChI=1S/C21H16F3N3/c1-12-3-4-15(9-13(12)2)19-10-17(18(11-25)20(26)27-19)14-5-7-16(8-6-14)21(22,23)24/h3-10H,1-2H3,(H2,26,27). The third-order valence-corrected chi connectivity index (χ3v) is 4.49. The Morgan fingerprint density at radius 2 is 1.56 bits per heavy atom. The number of nitriles is 1. The second-order valence-corrected chi connectivity index (χ2v) is 6.30. The summed E-state index contributed by atoms with van der Waals surface area (Å²) in [6.45, 7) is 3.97. The SMILES string of the molecule is Cc1ccc(-c2cc(-c3ccc(C(F)(F)F)cc3)c(C#N)c(N)n2)cc1C. The Balaban J connectivity index is 2.16. The van der Waals surface area contributed by atoms with E-state index in [0.29, 0.717) is 16.8 Å². The lowest BCUT2D eigenvalue weighted by molar-refractivity contribution is -0.137. The van der Waals surface area contributed by atoms with Crippen molar-refractivity contribution in [1.29, 1.82) is 5.26 Å². The van der Waals surface area contributed by atoms with Crippen molar-refractivity contribution < 1.29 is 13.2 Å². The maximum absolute atomic E-state index is 12.8. The molecule has 2 N–H and O–H groups in total. The van der Waals surface area contributed by atoms with E-state index in [9.17, 15) is 18.4 Å². The van der Waals surface area contributed by atoms with Gasteiger partial charge in [-0.05, 0) is 54.8 Å². The lowest BCUT2D eigenvalue weighted by atomic mass is 9.96. The fourth-order valence-electron chi connectivity index (χ4n) is 2.80. The molecular formula is C21H16F3N3. The van der Waals surface area contributed by atoms with Crippen molar-refractivity contribution in [3.05, 3.63) is 70.8 Å². The zero-order valence-electron chi connectivity index (χ0n) is 14.7. The van der Waals surface area contributed by atoms with Gasteiger partial charge in [0.2, 0.25) is 0 Å². The van der Waals surface area contributed by atoms with Crippen molar-refractivity contribution in [2.75, 3.05) is 5.73 Å². The molecule has 6 heteroatoms. The minimum atomic E-state index is -4.42. The fourth-order valence-corrected chi connectivity index (χ4v) is 2.80. The maximum atomic E-state index is 12.8. The summed E-state index contributed by atoms with van der Waals surface area (Å²) < 4.78 is 38.4. The second-order valence-electron chi connectivity index (χ2n) is 6.30. The van der Waals surface area contributed by atoms with Crippen LogP contribution in [0.4, 0.5) is 19.0 Å². The first-order valence-corrected chi connectivity index (χ1v) is 8.16. The van der Waals surface area contributed by atoms with Crippen LogP contribution in [0.15, 0.2) is 48.5 Å². The van der Waals surface area contributed by atoms with Gasteiger partial charge in [0, 0.05) is 11.1 Å². The molecule has 0 amide bonds. The molecule has 0 aliphatic rings. The molecule has 0 fully saturated rings. The highest BCUT2D eigenvalue weighted by Crippen LogP contribution is 2.34. The minimum absolute atomic E-state index is 0.0446. The van der Waals surface area contributed by atoms with E-state index in [0.717, 1.165) is 28.8 Å². The van der Waals surface area contributed by atoms with Crippen LogP contribution in [0, 0.1) is 25.2 Å². The largest absolute Gasteiger partial charge is 0.416 e. The van der Waals surface area contributed by atoms with Crippen LogP contribution >= 0.6 is 0 Å². The van der Waals surface area contributed by atoms with Crippen LogP contribution in [0.2, 0.25) is 0 Å². The number of anilines is 1. The topological polar surface area (TPSA) is 62.7 Å². The number of aromatic nitrogens is 1. The Morgan fingerprint density at radius 1 is 0.926 bits per heavy atom. The van der Waals surface area contributed by atoms with Gasteiger partial charge in [0.05, 0.1) is 11.3 Å². The van der Waals surface area contributed by atoms with Crippen molar-refractivity contribution in [3.8, 4) is 28.5 Å². The van der Waals surface area contributed by atoms with E-state index in [1.54, 1.807) is 6.07 Å². The fraction of sp³-hybridized carbons (Fsp3) is 0.143. The van der Waals surface area contributed by atoms with Crippen molar-refractivity contribution in [1.82, 2.24) is 4.98 Å². The van der Waals surface area contributed by atoms with Crippen LogP contribution in [0.3, 0.4) is 0 Å². The van der Waals surface area contributed by atoms with Crippen LogP contribution in [0.25, 0.3) is 22.4 Å². The number of alkyl halides is 3. The summed E-state index contributed by atoms with van der Waals surface area (Å²) in [7, 11) is 0. The predicted octanol–water partition coefficient (Wildman–Crippen LogP) is 5.51. The summed E-state index contributed by atoms with van der Waals surface area (Å²) >= 11 is 0. The molecule has 0 saturated carbocycles. The minimum Gasteiger partial charge on any atom is -0.383 e. The average Bonchev–Trinajstić information content (AvgIpc) is 2.62. The maximum Gasteiger partial charge on any atom is 0.416 e. The first-order chi connectivity index (χ1) is 12.7. The zero-order chi connectivity index (χ0) is 19.8. The van der Waals surface area contributed by atoms with Crippen LogP contribution in [0.5, 0.6) is 0 Å². The summed E-state index contributed by atoms with van der Waals surface area (Å²) in [5.74, 6) is 0.0446. The van der Waals surface area contributed by atoms with Crippen molar-refractivity contribution >= 4 is 5.82 Å². The van der Waals surface area contributed by atoms with Gasteiger partial charge >= 0.3 is 6.18 Å². The zero-order valence-corrected chi connectivity index (χ0v) is 14.7. The number of nitrogens with zero attached hydrogens (tertiary/aromatic N) is 2. The summed E-state index contributed by atoms with van der Waals surface area (Å²) in [4.78, 5) is 4.30. The molecule has 0 unspecified atom stereocenters. The molecule has 0 bridgehead atoms. The molecule has 3 aromatic rings. The smallest absolute Gasteiger partial charge is 0.383 e. The highest BCUT2D eigenvalue weighted by atomic mass is 19.4. The molecule has 0 aliphatic heterocycles. The number of rotatable bonds is 2. The van der Waals surface area contributed by atoms with Gasteiger partial charge in [-0.15, -0.1) is 0 Å². The molecule has 0 saturated heterocycles. The first kappa shape index (κ1) is 18.5. The summed E-state index contributed by atoms with van der Waals surface area (Å²) in [6.07, 6.45) is -4.42. The number of hydrogen-bond acceptors (Lipinski definition) is 3. The van der Waals surface area contributed by atoms with Crippen molar-refractivity contribution in [3.63, 3.8) is 0 Å². The van der Waals surface area contributed by atoms with E-state index in [-0.39, 0.29) is 11.4 Å². The Hall–Kier alpha value is -3.33. The van der Waals surface area contributed by atoms with E-state index < -0.39 is 11.7 Å². The molecular weight excluding hydrogens is 351 g/mol. The number of benzene rings is 2. The molecule has 0 atom stereocenters. The highest BCUT2D eigenvalue weighted by molar-refractivity contribution is 5.80. The molecule has 0 radical (unpaired) electrons. The third-order valence-electron chi connectivity index (χ3n) is 4.49. The quantitative estimate of drug-likeness (QED) is 0.650. The number of nitrogen functional groups attached to an aromatic ring is 1. The molecule has 0 aliphatic carbocycles. The van der Waals surface area contributed by atoms with Gasteiger partial charge in [-0.2, -0.15) is 18.4 Å². The van der Waals surface area contributed by atoms with Crippen LogP contribution < -0.4 is 5.73 Å². The van der Waals surface area contributed by atoms with Crippen molar-refractivity contribution in [2.45, 2.75) is 20.0 Å². The monoisotopic (exact) mass is 367 g/mol. The Labute approximate surface area is 154 Å². The third kappa shape index (κ3) is 3.63. The van der Waals surface area contributed by atoms with Gasteiger partial charge in [-0.25, -0.2) is 4.98 Å². The molecule has 136 valence electrons. The van der Waals surface area contributed by atoms with Gasteiger partial charge < -0.3 is 5.73 Å². The Morgan fingerprint density at radius 3 is 2.11 bits per heavy atom. The molecule has 1 aromatic heterocycles. The summed E-state index contributed by atoms with van der Waals surface area (Å²) in [5.41, 5.74) is 9.86. The van der Waals surface area contributed by atoms with E-state index >= 15 is 0 Å². The van der Waals surface area contributed by atoms with Gasteiger partial charge in [0.1, 0.15) is 17.5 Å². The van der Waals surface area contributed by atoms with E-state index in [4.69, 9.17) is 5.73 Å². The highest BCUT2D eigenvalue weighted by Gasteiger charge is 2.30. The lowest BCUT2D eigenvalue weighted by Crippen LogP contribution is -2.04. The van der Waals surface area contributed by atoms with E-state index in [1.807, 2.05) is 38.1 Å². The molecule has 0 spiro atoms. The van der Waals surface area contributed by atoms with E-state index in [2.05, 4.69) is 4.98 Å². The lowest BCUT2D eigenvalue weighted by Gasteiger charge is -2.12. The van der Waals surface area contributed by atoms with Crippen LogP contribution in [0.1, 0.15) is 22.3 Å². The number of nitrogens with two attached hydrogens (primary N) is 1. The number of aryl methyl sites for hydroxylation is 2. The normalized spacial score (nSPS) is 11.3. The van der Waals surface area contributed by atoms with Crippen LogP contribution in [-0.4, -0.2) is 4.98 Å². The average molecular weight is 367 g/mol. The second kappa shape index (κ2) is 6.76. The van der Waals surface area contributed by atoms with E-state index in [1.165, 1.54) is 12.1 Å². The van der Waals surface area contributed by atoms with Gasteiger partial charge in [-0.1, -0.05) is 24.3 Å². The summed E-state index contributed by atoms with van der Waals surface area (Å²) in [5, 5.41) is 9.44. The molecule has 3 nitrogen and oxygen atoms in total.